The Morgan fingerprint density at radius 2 is 2.19 bits per heavy atom. The third kappa shape index (κ3) is 3.57. The molecular weight excluding hydrogens is 222 g/mol. The molecule has 90 valence electrons. The van der Waals surface area contributed by atoms with Crippen molar-refractivity contribution in [3.05, 3.63) is 11.1 Å². The summed E-state index contributed by atoms with van der Waals surface area (Å²) in [5.74, 6) is 0.424. The Kier molecular flexibility index (Phi) is 4.89. The molecule has 1 aromatic rings. The van der Waals surface area contributed by atoms with E-state index < -0.39 is 0 Å². The Bertz CT molecular complexity index is 349. The maximum Gasteiger partial charge on any atom is 0.230 e. The largest absolute Gasteiger partial charge is 0.319 e. The lowest BCUT2D eigenvalue weighted by molar-refractivity contribution is -0.119. The van der Waals surface area contributed by atoms with Gasteiger partial charge in [-0.15, -0.1) is 11.3 Å². The van der Waals surface area contributed by atoms with Gasteiger partial charge >= 0.3 is 0 Å². The predicted molar refractivity (Wildman–Crippen MR) is 67.9 cm³/mol. The third-order valence-corrected chi connectivity index (χ3v) is 3.49. The van der Waals surface area contributed by atoms with Crippen LogP contribution in [0.2, 0.25) is 0 Å². The van der Waals surface area contributed by atoms with Gasteiger partial charge in [0.15, 0.2) is 5.13 Å². The number of nitrogens with zero attached hydrogens (tertiary/aromatic N) is 1. The summed E-state index contributed by atoms with van der Waals surface area (Å²) in [6.07, 6.45) is 1.83. The summed E-state index contributed by atoms with van der Waals surface area (Å²) in [6, 6.07) is 0. The summed E-state index contributed by atoms with van der Waals surface area (Å²) in [6.45, 7) is 6.79. The van der Waals surface area contributed by atoms with Gasteiger partial charge in [-0.05, 0) is 13.0 Å². The minimum Gasteiger partial charge on any atom is -0.319 e. The van der Waals surface area contributed by atoms with Crippen molar-refractivity contribution in [1.29, 1.82) is 0 Å². The molecule has 0 spiro atoms. The molecule has 0 saturated heterocycles. The number of hydrogen-bond donors (Lipinski definition) is 2. The molecule has 2 N–H and O–H groups in total. The van der Waals surface area contributed by atoms with Gasteiger partial charge in [-0.3, -0.25) is 4.79 Å². The van der Waals surface area contributed by atoms with Crippen LogP contribution in [0, 0.1) is 5.92 Å². The van der Waals surface area contributed by atoms with Gasteiger partial charge in [-0.2, -0.15) is 0 Å². The first kappa shape index (κ1) is 13.1. The fourth-order valence-corrected chi connectivity index (χ4v) is 2.06. The number of thiazole rings is 1. The Hall–Kier alpha value is -0.940. The molecule has 0 bridgehead atoms. The Balaban J connectivity index is 2.56. The van der Waals surface area contributed by atoms with Crippen molar-refractivity contribution in [1.82, 2.24) is 10.3 Å². The molecule has 0 aliphatic rings. The topological polar surface area (TPSA) is 54.0 Å². The average molecular weight is 241 g/mol. The molecule has 1 atom stereocenters. The summed E-state index contributed by atoms with van der Waals surface area (Å²) >= 11 is 1.54. The number of aromatic nitrogens is 1. The van der Waals surface area contributed by atoms with Gasteiger partial charge in [0.05, 0.1) is 0 Å². The van der Waals surface area contributed by atoms with Crippen molar-refractivity contribution in [3.8, 4) is 0 Å². The maximum absolute atomic E-state index is 11.7. The predicted octanol–water partition coefficient (Wildman–Crippen LogP) is 2.06. The normalized spacial score (nSPS) is 12.8. The van der Waals surface area contributed by atoms with E-state index >= 15 is 0 Å². The second-order valence-electron chi connectivity index (χ2n) is 4.17. The average Bonchev–Trinajstić information content (AvgIpc) is 2.66. The molecule has 4 nitrogen and oxygen atoms in total. The van der Waals surface area contributed by atoms with Gasteiger partial charge in [0, 0.05) is 23.5 Å². The Morgan fingerprint density at radius 3 is 2.69 bits per heavy atom. The minimum absolute atomic E-state index is 0.0130. The molecule has 0 fully saturated rings. The number of nitrogens with one attached hydrogen (secondary N) is 2. The van der Waals surface area contributed by atoms with Crippen molar-refractivity contribution in [3.63, 3.8) is 0 Å². The zero-order valence-corrected chi connectivity index (χ0v) is 11.0. The SMILES string of the molecule is CNCC(C)C(=O)Nc1ncc(C(C)C)s1. The first-order valence-corrected chi connectivity index (χ1v) is 6.27. The number of hydrogen-bond acceptors (Lipinski definition) is 4. The smallest absolute Gasteiger partial charge is 0.230 e. The van der Waals surface area contributed by atoms with Gasteiger partial charge < -0.3 is 10.6 Å². The first-order valence-electron chi connectivity index (χ1n) is 5.45. The van der Waals surface area contributed by atoms with E-state index in [0.717, 1.165) is 0 Å². The summed E-state index contributed by atoms with van der Waals surface area (Å²) in [5.41, 5.74) is 0. The number of carbonyl (C=O) groups is 1. The van der Waals surface area contributed by atoms with E-state index in [0.29, 0.717) is 17.6 Å². The summed E-state index contributed by atoms with van der Waals surface area (Å²) < 4.78 is 0. The Morgan fingerprint density at radius 1 is 1.50 bits per heavy atom. The van der Waals surface area contributed by atoms with Crippen molar-refractivity contribution < 1.29 is 4.79 Å². The first-order chi connectivity index (χ1) is 7.54. The molecule has 5 heteroatoms. The Labute approximate surface area is 100 Å². The highest BCUT2D eigenvalue weighted by Crippen LogP contribution is 2.25. The van der Waals surface area contributed by atoms with Gasteiger partial charge in [0.1, 0.15) is 0 Å². The molecule has 0 saturated carbocycles. The highest BCUT2D eigenvalue weighted by molar-refractivity contribution is 7.15. The van der Waals surface area contributed by atoms with Crippen LogP contribution < -0.4 is 10.6 Å². The van der Waals surface area contributed by atoms with Gasteiger partial charge in [-0.1, -0.05) is 20.8 Å². The second-order valence-corrected chi connectivity index (χ2v) is 5.23. The fraction of sp³-hybridized carbons (Fsp3) is 0.636. The van der Waals surface area contributed by atoms with Crippen LogP contribution in [0.3, 0.4) is 0 Å². The van der Waals surface area contributed by atoms with Crippen LogP contribution in [0.1, 0.15) is 31.6 Å². The van der Waals surface area contributed by atoms with E-state index in [4.69, 9.17) is 0 Å². The maximum atomic E-state index is 11.7. The zero-order valence-electron chi connectivity index (χ0n) is 10.2. The van der Waals surface area contributed by atoms with Crippen LogP contribution >= 0.6 is 11.3 Å². The lowest BCUT2D eigenvalue weighted by atomic mass is 10.2. The van der Waals surface area contributed by atoms with Crippen LogP contribution in [-0.4, -0.2) is 24.5 Å². The number of anilines is 1. The van der Waals surface area contributed by atoms with Crippen LogP contribution in [0.4, 0.5) is 5.13 Å². The van der Waals surface area contributed by atoms with Gasteiger partial charge in [-0.25, -0.2) is 4.98 Å². The molecule has 1 rings (SSSR count). The molecule has 0 aromatic carbocycles. The van der Waals surface area contributed by atoms with E-state index in [2.05, 4.69) is 29.5 Å². The molecule has 1 unspecified atom stereocenters. The standard InChI is InChI=1S/C11H19N3OS/c1-7(2)9-6-13-11(16-9)14-10(15)8(3)5-12-4/h6-8,12H,5H2,1-4H3,(H,13,14,15). The zero-order chi connectivity index (χ0) is 12.1. The van der Waals surface area contributed by atoms with Crippen LogP contribution in [0.15, 0.2) is 6.20 Å². The summed E-state index contributed by atoms with van der Waals surface area (Å²) in [5, 5.41) is 6.50. The second kappa shape index (κ2) is 5.96. The summed E-state index contributed by atoms with van der Waals surface area (Å²) in [4.78, 5) is 17.1. The van der Waals surface area contributed by atoms with Gasteiger partial charge in [0.2, 0.25) is 5.91 Å². The van der Waals surface area contributed by atoms with Crippen molar-refractivity contribution >= 4 is 22.4 Å². The number of rotatable bonds is 5. The molecule has 16 heavy (non-hydrogen) atoms. The third-order valence-electron chi connectivity index (χ3n) is 2.28. The van der Waals surface area contributed by atoms with Crippen molar-refractivity contribution in [2.75, 3.05) is 18.9 Å². The summed E-state index contributed by atoms with van der Waals surface area (Å²) in [7, 11) is 1.84. The van der Waals surface area contributed by atoms with Crippen LogP contribution in [0.25, 0.3) is 0 Å². The quantitative estimate of drug-likeness (QED) is 0.829. The van der Waals surface area contributed by atoms with E-state index in [-0.39, 0.29) is 11.8 Å². The van der Waals surface area contributed by atoms with E-state index in [1.54, 1.807) is 11.3 Å². The van der Waals surface area contributed by atoms with E-state index in [1.807, 2.05) is 20.2 Å². The number of carbonyl (C=O) groups excluding carboxylic acids is 1. The fourth-order valence-electron chi connectivity index (χ4n) is 1.24. The molecule has 0 radical (unpaired) electrons. The molecule has 0 aliphatic carbocycles. The molecular formula is C11H19N3OS. The van der Waals surface area contributed by atoms with Crippen LogP contribution in [0.5, 0.6) is 0 Å². The molecule has 1 amide bonds. The van der Waals surface area contributed by atoms with Crippen molar-refractivity contribution in [2.24, 2.45) is 5.92 Å². The van der Waals surface area contributed by atoms with Crippen LogP contribution in [-0.2, 0) is 4.79 Å². The van der Waals surface area contributed by atoms with Crippen molar-refractivity contribution in [2.45, 2.75) is 26.7 Å². The van der Waals surface area contributed by atoms with E-state index in [9.17, 15) is 4.79 Å². The lowest BCUT2D eigenvalue weighted by Gasteiger charge is -2.09. The molecule has 1 heterocycles. The highest BCUT2D eigenvalue weighted by atomic mass is 32.1. The lowest BCUT2D eigenvalue weighted by Crippen LogP contribution is -2.28. The van der Waals surface area contributed by atoms with E-state index in [1.165, 1.54) is 4.88 Å². The van der Waals surface area contributed by atoms with Gasteiger partial charge in [0.25, 0.3) is 0 Å². The highest BCUT2D eigenvalue weighted by Gasteiger charge is 2.14. The molecule has 1 aromatic heterocycles. The number of amides is 1. The monoisotopic (exact) mass is 241 g/mol. The molecule has 0 aliphatic heterocycles. The minimum atomic E-state index is -0.0450.